The summed E-state index contributed by atoms with van der Waals surface area (Å²) in [6.45, 7) is 2.90. The molecule has 28 heavy (non-hydrogen) atoms. The second-order valence-electron chi connectivity index (χ2n) is 7.89. The Balaban J connectivity index is 1.46. The molecule has 3 fully saturated rings. The van der Waals surface area contributed by atoms with Gasteiger partial charge in [-0.25, -0.2) is 8.42 Å². The number of hydrogen-bond acceptors (Lipinski definition) is 6. The van der Waals surface area contributed by atoms with Crippen molar-refractivity contribution in [1.29, 1.82) is 0 Å². The number of anilines is 2. The lowest BCUT2D eigenvalue weighted by molar-refractivity contribution is -0.117. The Hall–Kier alpha value is -2.20. The lowest BCUT2D eigenvalue weighted by atomic mass is 10.2. The van der Waals surface area contributed by atoms with Gasteiger partial charge in [-0.05, 0) is 38.7 Å². The number of aromatic nitrogens is 3. The number of fused-ring (bicyclic) bond motifs is 3. The van der Waals surface area contributed by atoms with Crippen molar-refractivity contribution in [2.75, 3.05) is 29.1 Å². The number of H-pyrrole nitrogens is 1. The van der Waals surface area contributed by atoms with E-state index in [0.717, 1.165) is 36.9 Å². The first-order valence-corrected chi connectivity index (χ1v) is 11.5. The molecule has 2 unspecified atom stereocenters. The Bertz CT molecular complexity index is 1020. The summed E-state index contributed by atoms with van der Waals surface area (Å²) in [4.78, 5) is 26.5. The fraction of sp³-hybridized carbons (Fsp3) is 0.611. The zero-order chi connectivity index (χ0) is 19.5. The van der Waals surface area contributed by atoms with Gasteiger partial charge in [-0.3, -0.25) is 10.1 Å². The van der Waals surface area contributed by atoms with Gasteiger partial charge in [0.25, 0.3) is 0 Å². The first-order chi connectivity index (χ1) is 13.5. The summed E-state index contributed by atoms with van der Waals surface area (Å²) in [6.07, 6.45) is 5.38. The second-order valence-corrected chi connectivity index (χ2v) is 10.1. The number of nitrogens with one attached hydrogen (secondary N) is 2. The van der Waals surface area contributed by atoms with Crippen LogP contribution in [0.3, 0.4) is 0 Å². The summed E-state index contributed by atoms with van der Waals surface area (Å²) in [5.74, 6) is 1.23. The Morgan fingerprint density at radius 2 is 1.93 bits per heavy atom. The summed E-state index contributed by atoms with van der Waals surface area (Å²) in [5.41, 5.74) is 0.673. The van der Waals surface area contributed by atoms with Crippen molar-refractivity contribution < 1.29 is 13.2 Å². The smallest absolute Gasteiger partial charge is 0.233 e. The van der Waals surface area contributed by atoms with Gasteiger partial charge in [0.05, 0.1) is 11.1 Å². The number of aromatic amines is 1. The molecule has 150 valence electrons. The Morgan fingerprint density at radius 1 is 1.21 bits per heavy atom. The van der Waals surface area contributed by atoms with Gasteiger partial charge in [-0.1, -0.05) is 0 Å². The predicted octanol–water partition coefficient (Wildman–Crippen LogP) is 1.31. The van der Waals surface area contributed by atoms with Gasteiger partial charge in [0, 0.05) is 37.3 Å². The fourth-order valence-electron chi connectivity index (χ4n) is 4.42. The average Bonchev–Trinajstić information content (AvgIpc) is 3.36. The molecule has 3 aliphatic rings. The molecule has 2 N–H and O–H groups in total. The van der Waals surface area contributed by atoms with Gasteiger partial charge in [-0.2, -0.15) is 14.3 Å². The number of amides is 1. The first-order valence-electron chi connectivity index (χ1n) is 9.88. The van der Waals surface area contributed by atoms with Crippen LogP contribution in [0.1, 0.15) is 32.6 Å². The molecule has 2 atom stereocenters. The van der Waals surface area contributed by atoms with E-state index < -0.39 is 10.0 Å². The van der Waals surface area contributed by atoms with E-state index in [1.165, 1.54) is 0 Å². The van der Waals surface area contributed by atoms with Crippen LogP contribution in [0.5, 0.6) is 0 Å². The van der Waals surface area contributed by atoms with Crippen molar-refractivity contribution in [2.45, 2.75) is 44.7 Å². The minimum absolute atomic E-state index is 0.0304. The predicted molar refractivity (Wildman–Crippen MR) is 106 cm³/mol. The molecule has 1 saturated carbocycles. The van der Waals surface area contributed by atoms with E-state index in [4.69, 9.17) is 0 Å². The summed E-state index contributed by atoms with van der Waals surface area (Å²) < 4.78 is 26.7. The number of hydrogen-bond donors (Lipinski definition) is 2. The van der Waals surface area contributed by atoms with Gasteiger partial charge in [0.2, 0.25) is 21.9 Å². The van der Waals surface area contributed by atoms with E-state index in [1.54, 1.807) is 11.2 Å². The third-order valence-electron chi connectivity index (χ3n) is 5.98. The highest BCUT2D eigenvalue weighted by Gasteiger charge is 2.46. The van der Waals surface area contributed by atoms with E-state index in [-0.39, 0.29) is 29.7 Å². The molecule has 10 heteroatoms. The highest BCUT2D eigenvalue weighted by atomic mass is 32.2. The Morgan fingerprint density at radius 3 is 2.57 bits per heavy atom. The lowest BCUT2D eigenvalue weighted by Gasteiger charge is -2.40. The highest BCUT2D eigenvalue weighted by Crippen LogP contribution is 2.37. The van der Waals surface area contributed by atoms with Gasteiger partial charge >= 0.3 is 0 Å². The maximum absolute atomic E-state index is 12.5. The van der Waals surface area contributed by atoms with Crippen LogP contribution in [-0.2, 0) is 14.8 Å². The standard InChI is InChI=1S/C18H24N6O3S/c1-2-28(26,27)24-12-5-6-13(24)10-23(9-12)16-14-7-8-19-15(14)20-18(21-16)22-17(25)11-3-4-11/h7-8,11-13H,2-6,9-10H2,1H3,(H2,19,20,21,22,25). The third kappa shape index (κ3) is 2.95. The molecule has 4 heterocycles. The molecular weight excluding hydrogens is 380 g/mol. The fourth-order valence-corrected chi connectivity index (χ4v) is 5.97. The summed E-state index contributed by atoms with van der Waals surface area (Å²) in [7, 11) is -3.21. The number of piperazine rings is 1. The number of nitrogens with zero attached hydrogens (tertiary/aromatic N) is 4. The van der Waals surface area contributed by atoms with Crippen LogP contribution in [0.25, 0.3) is 11.0 Å². The van der Waals surface area contributed by atoms with Crippen LogP contribution < -0.4 is 10.2 Å². The maximum Gasteiger partial charge on any atom is 0.233 e. The van der Waals surface area contributed by atoms with Crippen LogP contribution in [0.2, 0.25) is 0 Å². The van der Waals surface area contributed by atoms with Crippen LogP contribution in [0.4, 0.5) is 11.8 Å². The number of carbonyl (C=O) groups is 1. The third-order valence-corrected chi connectivity index (χ3v) is 7.95. The molecule has 9 nitrogen and oxygen atoms in total. The maximum atomic E-state index is 12.5. The monoisotopic (exact) mass is 404 g/mol. The van der Waals surface area contributed by atoms with Crippen molar-refractivity contribution in [3.63, 3.8) is 0 Å². The van der Waals surface area contributed by atoms with Gasteiger partial charge < -0.3 is 9.88 Å². The van der Waals surface area contributed by atoms with E-state index in [0.29, 0.717) is 24.7 Å². The van der Waals surface area contributed by atoms with Gasteiger partial charge in [0.1, 0.15) is 11.5 Å². The minimum atomic E-state index is -3.21. The quantitative estimate of drug-likeness (QED) is 0.777. The Kier molecular flexibility index (Phi) is 4.09. The zero-order valence-corrected chi connectivity index (χ0v) is 16.6. The molecule has 2 aliphatic heterocycles. The van der Waals surface area contributed by atoms with E-state index >= 15 is 0 Å². The van der Waals surface area contributed by atoms with Gasteiger partial charge in [-0.15, -0.1) is 0 Å². The normalized spacial score (nSPS) is 25.4. The number of rotatable bonds is 5. The summed E-state index contributed by atoms with van der Waals surface area (Å²) in [6, 6.07) is 1.86. The van der Waals surface area contributed by atoms with Crippen molar-refractivity contribution in [3.8, 4) is 0 Å². The summed E-state index contributed by atoms with van der Waals surface area (Å²) in [5, 5.41) is 3.72. The largest absolute Gasteiger partial charge is 0.353 e. The van der Waals surface area contributed by atoms with Crippen LogP contribution in [-0.4, -0.2) is 64.5 Å². The first kappa shape index (κ1) is 17.9. The Labute approximate surface area is 163 Å². The molecule has 1 aliphatic carbocycles. The van der Waals surface area contributed by atoms with E-state index in [2.05, 4.69) is 25.2 Å². The van der Waals surface area contributed by atoms with Crippen molar-refractivity contribution in [3.05, 3.63) is 12.3 Å². The topological polar surface area (TPSA) is 111 Å². The molecule has 0 spiro atoms. The molecule has 2 saturated heterocycles. The molecule has 1 amide bonds. The number of carbonyl (C=O) groups excluding carboxylic acids is 1. The molecule has 2 aromatic rings. The van der Waals surface area contributed by atoms with Gasteiger partial charge in [0.15, 0.2) is 0 Å². The molecule has 5 rings (SSSR count). The van der Waals surface area contributed by atoms with E-state index in [1.807, 2.05) is 12.3 Å². The minimum Gasteiger partial charge on any atom is -0.353 e. The SMILES string of the molecule is CCS(=O)(=O)N1C2CCC1CN(c1nc(NC(=O)C3CC3)nc3[nH]ccc13)C2. The molecule has 2 bridgehead atoms. The zero-order valence-electron chi connectivity index (χ0n) is 15.8. The lowest BCUT2D eigenvalue weighted by Crippen LogP contribution is -2.56. The van der Waals surface area contributed by atoms with Crippen molar-refractivity contribution in [2.24, 2.45) is 5.92 Å². The second kappa shape index (κ2) is 6.41. The summed E-state index contributed by atoms with van der Waals surface area (Å²) >= 11 is 0. The molecular formula is C18H24N6O3S. The van der Waals surface area contributed by atoms with E-state index in [9.17, 15) is 13.2 Å². The molecule has 0 radical (unpaired) electrons. The van der Waals surface area contributed by atoms with Crippen LogP contribution >= 0.6 is 0 Å². The van der Waals surface area contributed by atoms with Crippen molar-refractivity contribution in [1.82, 2.24) is 19.3 Å². The van der Waals surface area contributed by atoms with Crippen LogP contribution in [0, 0.1) is 5.92 Å². The van der Waals surface area contributed by atoms with Crippen molar-refractivity contribution >= 4 is 38.7 Å². The molecule has 2 aromatic heterocycles. The van der Waals surface area contributed by atoms with Crippen LogP contribution in [0.15, 0.2) is 12.3 Å². The molecule has 0 aromatic carbocycles. The average molecular weight is 404 g/mol. The highest BCUT2D eigenvalue weighted by molar-refractivity contribution is 7.89. The number of sulfonamides is 1.